The lowest BCUT2D eigenvalue weighted by Gasteiger charge is -2.29. The summed E-state index contributed by atoms with van der Waals surface area (Å²) in [6, 6.07) is 7.95. The molecule has 1 rings (SSSR count). The van der Waals surface area contributed by atoms with Crippen LogP contribution in [0.15, 0.2) is 24.3 Å². The Bertz CT molecular complexity index is 367. The highest BCUT2D eigenvalue weighted by Gasteiger charge is 2.18. The van der Waals surface area contributed by atoms with Crippen molar-refractivity contribution in [2.24, 2.45) is 5.92 Å². The molecule has 0 heterocycles. The van der Waals surface area contributed by atoms with E-state index in [4.69, 9.17) is 0 Å². The molecule has 2 N–H and O–H groups in total. The van der Waals surface area contributed by atoms with Crippen molar-refractivity contribution in [3.63, 3.8) is 0 Å². The van der Waals surface area contributed by atoms with Crippen LogP contribution in [-0.4, -0.2) is 34.7 Å². The molecule has 0 fully saturated rings. The van der Waals surface area contributed by atoms with Gasteiger partial charge in [0.15, 0.2) is 0 Å². The molecule has 0 amide bonds. The molecular weight excluding hydrogens is 225 g/mol. The van der Waals surface area contributed by atoms with Crippen LogP contribution in [0.3, 0.4) is 0 Å². The van der Waals surface area contributed by atoms with Gasteiger partial charge in [0.05, 0.1) is 0 Å². The molecule has 0 spiro atoms. The van der Waals surface area contributed by atoms with E-state index in [0.717, 1.165) is 18.7 Å². The van der Waals surface area contributed by atoms with Crippen LogP contribution in [0.4, 0.5) is 0 Å². The molecule has 0 saturated heterocycles. The van der Waals surface area contributed by atoms with Gasteiger partial charge in [-0.2, -0.15) is 0 Å². The normalized spacial score (nSPS) is 11.6. The van der Waals surface area contributed by atoms with E-state index in [-0.39, 0.29) is 0 Å². The Morgan fingerprint density at radius 2 is 1.72 bits per heavy atom. The molecule has 0 unspecified atom stereocenters. The predicted molar refractivity (Wildman–Crippen MR) is 76.7 cm³/mol. The lowest BCUT2D eigenvalue weighted by Crippen LogP contribution is -2.39. The summed E-state index contributed by atoms with van der Waals surface area (Å²) in [5.41, 5.74) is 1.59. The fraction of sp³-hybridized carbons (Fsp3) is 0.571. The Morgan fingerprint density at radius 3 is 2.22 bits per heavy atom. The third-order valence-corrected chi connectivity index (χ3v) is 3.04. The summed E-state index contributed by atoms with van der Waals surface area (Å²) in [7, 11) is -1.39. The average molecular weight is 249 g/mol. The van der Waals surface area contributed by atoms with Crippen LogP contribution >= 0.6 is 0 Å². The standard InChI is InChI=1S/C14H24BNO2/c1-11(2)9-16(12(3)4)10-13-7-5-6-8-14(13)15(17)18/h5-8,11-12,17-18H,9-10H2,1-4H3. The van der Waals surface area contributed by atoms with E-state index in [2.05, 4.69) is 32.6 Å². The van der Waals surface area contributed by atoms with Crippen molar-refractivity contribution in [2.75, 3.05) is 6.54 Å². The van der Waals surface area contributed by atoms with Crippen molar-refractivity contribution >= 4 is 12.6 Å². The topological polar surface area (TPSA) is 43.7 Å². The van der Waals surface area contributed by atoms with E-state index < -0.39 is 7.12 Å². The zero-order valence-electron chi connectivity index (χ0n) is 11.8. The van der Waals surface area contributed by atoms with Crippen molar-refractivity contribution < 1.29 is 10.0 Å². The van der Waals surface area contributed by atoms with Crippen molar-refractivity contribution in [1.29, 1.82) is 0 Å². The molecule has 0 aliphatic carbocycles. The second kappa shape index (κ2) is 6.93. The van der Waals surface area contributed by atoms with Crippen LogP contribution in [0.1, 0.15) is 33.3 Å². The Labute approximate surface area is 111 Å². The van der Waals surface area contributed by atoms with Crippen LogP contribution < -0.4 is 5.46 Å². The first-order valence-electron chi connectivity index (χ1n) is 6.59. The van der Waals surface area contributed by atoms with Crippen LogP contribution in [0, 0.1) is 5.92 Å². The highest BCUT2D eigenvalue weighted by molar-refractivity contribution is 6.59. The minimum Gasteiger partial charge on any atom is -0.423 e. The number of hydrogen-bond donors (Lipinski definition) is 2. The van der Waals surface area contributed by atoms with Gasteiger partial charge in [-0.05, 0) is 30.8 Å². The highest BCUT2D eigenvalue weighted by Crippen LogP contribution is 2.10. The number of rotatable bonds is 6. The second-order valence-electron chi connectivity index (χ2n) is 5.49. The van der Waals surface area contributed by atoms with Crippen LogP contribution in [0.5, 0.6) is 0 Å². The lowest BCUT2D eigenvalue weighted by atomic mass is 9.77. The predicted octanol–water partition coefficient (Wildman–Crippen LogP) is 1.23. The van der Waals surface area contributed by atoms with Crippen LogP contribution in [-0.2, 0) is 6.54 Å². The summed E-state index contributed by atoms with van der Waals surface area (Å²) in [6.07, 6.45) is 0. The second-order valence-corrected chi connectivity index (χ2v) is 5.49. The average Bonchev–Trinajstić information content (AvgIpc) is 2.27. The summed E-state index contributed by atoms with van der Waals surface area (Å²) >= 11 is 0. The highest BCUT2D eigenvalue weighted by atomic mass is 16.4. The van der Waals surface area contributed by atoms with Crippen LogP contribution in [0.25, 0.3) is 0 Å². The minimum absolute atomic E-state index is 0.441. The molecule has 1 aromatic carbocycles. The first-order valence-corrected chi connectivity index (χ1v) is 6.59. The molecular formula is C14H24BNO2. The van der Waals surface area contributed by atoms with Crippen molar-refractivity contribution in [1.82, 2.24) is 4.90 Å². The maximum Gasteiger partial charge on any atom is 0.488 e. The Hall–Kier alpha value is -0.835. The van der Waals surface area contributed by atoms with E-state index in [1.165, 1.54) is 0 Å². The molecule has 0 saturated carbocycles. The summed E-state index contributed by atoms with van der Waals surface area (Å²) in [6.45, 7) is 10.5. The number of benzene rings is 1. The fourth-order valence-electron chi connectivity index (χ4n) is 2.08. The third-order valence-electron chi connectivity index (χ3n) is 3.04. The van der Waals surface area contributed by atoms with Gasteiger partial charge < -0.3 is 10.0 Å². The molecule has 4 heteroatoms. The third kappa shape index (κ3) is 4.44. The maximum atomic E-state index is 9.37. The van der Waals surface area contributed by atoms with Gasteiger partial charge in [0, 0.05) is 19.1 Å². The first kappa shape index (κ1) is 15.2. The molecule has 0 radical (unpaired) electrons. The molecule has 0 aliphatic heterocycles. The summed E-state index contributed by atoms with van der Waals surface area (Å²) in [5.74, 6) is 0.596. The van der Waals surface area contributed by atoms with E-state index >= 15 is 0 Å². The van der Waals surface area contributed by atoms with Crippen LogP contribution in [0.2, 0.25) is 0 Å². The van der Waals surface area contributed by atoms with Crippen molar-refractivity contribution in [3.8, 4) is 0 Å². The van der Waals surface area contributed by atoms with Gasteiger partial charge in [0.2, 0.25) is 0 Å². The first-order chi connectivity index (χ1) is 8.41. The number of hydrogen-bond acceptors (Lipinski definition) is 3. The lowest BCUT2D eigenvalue weighted by molar-refractivity contribution is 0.189. The van der Waals surface area contributed by atoms with Gasteiger partial charge in [0.25, 0.3) is 0 Å². The number of nitrogens with zero attached hydrogens (tertiary/aromatic N) is 1. The molecule has 0 bridgehead atoms. The minimum atomic E-state index is -1.39. The summed E-state index contributed by atoms with van der Waals surface area (Å²) < 4.78 is 0. The molecule has 3 nitrogen and oxygen atoms in total. The van der Waals surface area contributed by atoms with Gasteiger partial charge in [-0.3, -0.25) is 4.90 Å². The van der Waals surface area contributed by atoms with Gasteiger partial charge in [-0.1, -0.05) is 38.1 Å². The largest absolute Gasteiger partial charge is 0.488 e. The van der Waals surface area contributed by atoms with Crippen molar-refractivity contribution in [3.05, 3.63) is 29.8 Å². The Balaban J connectivity index is 2.86. The van der Waals surface area contributed by atoms with Gasteiger partial charge >= 0.3 is 7.12 Å². The van der Waals surface area contributed by atoms with E-state index in [9.17, 15) is 10.0 Å². The van der Waals surface area contributed by atoms with E-state index in [0.29, 0.717) is 17.4 Å². The summed E-state index contributed by atoms with van der Waals surface area (Å²) in [4.78, 5) is 2.35. The zero-order chi connectivity index (χ0) is 13.7. The Morgan fingerprint density at radius 1 is 1.11 bits per heavy atom. The summed E-state index contributed by atoms with van der Waals surface area (Å²) in [5, 5.41) is 18.7. The maximum absolute atomic E-state index is 9.37. The molecule has 0 aliphatic rings. The van der Waals surface area contributed by atoms with Gasteiger partial charge in [-0.25, -0.2) is 0 Å². The monoisotopic (exact) mass is 249 g/mol. The Kier molecular flexibility index (Phi) is 5.86. The zero-order valence-corrected chi connectivity index (χ0v) is 11.8. The smallest absolute Gasteiger partial charge is 0.423 e. The van der Waals surface area contributed by atoms with Crippen molar-refractivity contribution in [2.45, 2.75) is 40.3 Å². The molecule has 100 valence electrons. The quantitative estimate of drug-likeness (QED) is 0.745. The SMILES string of the molecule is CC(C)CN(Cc1ccccc1B(O)O)C(C)C. The molecule has 18 heavy (non-hydrogen) atoms. The van der Waals surface area contributed by atoms with E-state index in [1.807, 2.05) is 18.2 Å². The molecule has 1 aromatic rings. The fourth-order valence-corrected chi connectivity index (χ4v) is 2.08. The van der Waals surface area contributed by atoms with E-state index in [1.54, 1.807) is 6.07 Å². The molecule has 0 atom stereocenters. The molecule has 0 aromatic heterocycles. The van der Waals surface area contributed by atoms with Gasteiger partial charge in [0.1, 0.15) is 0 Å². The van der Waals surface area contributed by atoms with Gasteiger partial charge in [-0.15, -0.1) is 0 Å².